The number of nitrogens with zero attached hydrogens (tertiary/aromatic N) is 2. The van der Waals surface area contributed by atoms with Gasteiger partial charge in [-0.25, -0.2) is 0 Å². The second-order valence-corrected chi connectivity index (χ2v) is 4.97. The Labute approximate surface area is 138 Å². The van der Waals surface area contributed by atoms with Crippen LogP contribution in [0.3, 0.4) is 0 Å². The Morgan fingerprint density at radius 1 is 1.16 bits per heavy atom. The number of rotatable bonds is 4. The summed E-state index contributed by atoms with van der Waals surface area (Å²) in [6.07, 6.45) is -3.47. The molecule has 1 N–H and O–H groups in total. The maximum absolute atomic E-state index is 13.0. The van der Waals surface area contributed by atoms with Crippen molar-refractivity contribution < 1.29 is 27.6 Å². The molecule has 0 spiro atoms. The molecule has 0 fully saturated rings. The Morgan fingerprint density at radius 3 is 2.64 bits per heavy atom. The standard InChI is InChI=1S/C15H10F3N3O4/c16-15(17,18)11-6-10(21(22)23)2-3-12(11)20-19-7-9-1-4-13-14(5-9)25-8-24-13/h1-7,20H,8H2. The number of nitro benzene ring substituents is 1. The van der Waals surface area contributed by atoms with E-state index in [1.54, 1.807) is 18.2 Å². The van der Waals surface area contributed by atoms with Crippen molar-refractivity contribution in [3.05, 3.63) is 57.6 Å². The summed E-state index contributed by atoms with van der Waals surface area (Å²) in [6.45, 7) is 0.103. The van der Waals surface area contributed by atoms with E-state index in [1.165, 1.54) is 6.21 Å². The van der Waals surface area contributed by atoms with E-state index >= 15 is 0 Å². The van der Waals surface area contributed by atoms with Crippen molar-refractivity contribution in [2.75, 3.05) is 12.2 Å². The summed E-state index contributed by atoms with van der Waals surface area (Å²) in [6, 6.07) is 7.30. The van der Waals surface area contributed by atoms with Gasteiger partial charge in [0.2, 0.25) is 6.79 Å². The molecule has 0 amide bonds. The number of hydrogen-bond acceptors (Lipinski definition) is 6. The van der Waals surface area contributed by atoms with E-state index < -0.39 is 28.0 Å². The van der Waals surface area contributed by atoms with E-state index in [0.29, 0.717) is 23.1 Å². The minimum Gasteiger partial charge on any atom is -0.454 e. The van der Waals surface area contributed by atoms with E-state index in [-0.39, 0.29) is 6.79 Å². The van der Waals surface area contributed by atoms with Gasteiger partial charge in [-0.2, -0.15) is 18.3 Å². The van der Waals surface area contributed by atoms with Crippen LogP contribution >= 0.6 is 0 Å². The molecule has 0 unspecified atom stereocenters. The molecule has 0 atom stereocenters. The summed E-state index contributed by atoms with van der Waals surface area (Å²) in [5, 5.41) is 14.4. The lowest BCUT2D eigenvalue weighted by Gasteiger charge is -2.11. The number of halogens is 3. The monoisotopic (exact) mass is 353 g/mol. The van der Waals surface area contributed by atoms with Crippen LogP contribution in [-0.2, 0) is 6.18 Å². The van der Waals surface area contributed by atoms with Crippen LogP contribution < -0.4 is 14.9 Å². The van der Waals surface area contributed by atoms with Crippen molar-refractivity contribution >= 4 is 17.6 Å². The van der Waals surface area contributed by atoms with Gasteiger partial charge in [0, 0.05) is 12.1 Å². The van der Waals surface area contributed by atoms with Crippen LogP contribution in [-0.4, -0.2) is 17.9 Å². The van der Waals surface area contributed by atoms with Crippen molar-refractivity contribution in [2.24, 2.45) is 5.10 Å². The van der Waals surface area contributed by atoms with Crippen molar-refractivity contribution in [2.45, 2.75) is 6.18 Å². The second kappa shape index (κ2) is 6.30. The largest absolute Gasteiger partial charge is 0.454 e. The maximum Gasteiger partial charge on any atom is 0.418 e. The first-order valence-electron chi connectivity index (χ1n) is 6.89. The molecule has 7 nitrogen and oxygen atoms in total. The number of hydrogen-bond donors (Lipinski definition) is 1. The smallest absolute Gasteiger partial charge is 0.418 e. The van der Waals surface area contributed by atoms with Gasteiger partial charge in [0.05, 0.1) is 22.4 Å². The molecule has 10 heteroatoms. The molecule has 0 saturated heterocycles. The van der Waals surface area contributed by atoms with Crippen LogP contribution in [0.15, 0.2) is 41.5 Å². The fraction of sp³-hybridized carbons (Fsp3) is 0.133. The number of benzene rings is 2. The van der Waals surface area contributed by atoms with E-state index in [0.717, 1.165) is 12.1 Å². The van der Waals surface area contributed by atoms with Gasteiger partial charge in [-0.15, -0.1) is 0 Å². The first-order valence-corrected chi connectivity index (χ1v) is 6.89. The Hall–Kier alpha value is -3.30. The van der Waals surface area contributed by atoms with Crippen molar-refractivity contribution in [1.29, 1.82) is 0 Å². The quantitative estimate of drug-likeness (QED) is 0.513. The number of alkyl halides is 3. The zero-order chi connectivity index (χ0) is 18.0. The zero-order valence-electron chi connectivity index (χ0n) is 12.4. The first kappa shape index (κ1) is 16.6. The van der Waals surface area contributed by atoms with Gasteiger partial charge in [0.1, 0.15) is 0 Å². The molecule has 1 aliphatic rings. The fourth-order valence-corrected chi connectivity index (χ4v) is 2.15. The highest BCUT2D eigenvalue weighted by atomic mass is 19.4. The molecule has 0 saturated carbocycles. The Morgan fingerprint density at radius 2 is 1.92 bits per heavy atom. The lowest BCUT2D eigenvalue weighted by Crippen LogP contribution is -2.09. The Bertz CT molecular complexity index is 852. The molecule has 130 valence electrons. The lowest BCUT2D eigenvalue weighted by molar-refractivity contribution is -0.385. The third-order valence-corrected chi connectivity index (χ3v) is 3.31. The third-order valence-electron chi connectivity index (χ3n) is 3.31. The number of nitro groups is 1. The van der Waals surface area contributed by atoms with E-state index in [1.807, 2.05) is 0 Å². The number of non-ortho nitro benzene ring substituents is 1. The topological polar surface area (TPSA) is 86.0 Å². The van der Waals surface area contributed by atoms with Crippen LogP contribution in [0.25, 0.3) is 0 Å². The molecule has 2 aromatic rings. The summed E-state index contributed by atoms with van der Waals surface area (Å²) >= 11 is 0. The van der Waals surface area contributed by atoms with Gasteiger partial charge in [0.25, 0.3) is 5.69 Å². The van der Waals surface area contributed by atoms with Crippen LogP contribution in [0, 0.1) is 10.1 Å². The van der Waals surface area contributed by atoms with Crippen LogP contribution in [0.4, 0.5) is 24.5 Å². The first-order chi connectivity index (χ1) is 11.8. The molecule has 0 aromatic heterocycles. The molecule has 0 radical (unpaired) electrons. The number of anilines is 1. The van der Waals surface area contributed by atoms with Gasteiger partial charge in [-0.3, -0.25) is 15.5 Å². The molecule has 1 aliphatic heterocycles. The van der Waals surface area contributed by atoms with Crippen molar-refractivity contribution in [1.82, 2.24) is 0 Å². The minimum atomic E-state index is -4.76. The molecule has 2 aromatic carbocycles. The molecular formula is C15H10F3N3O4. The molecule has 25 heavy (non-hydrogen) atoms. The summed E-state index contributed by atoms with van der Waals surface area (Å²) in [7, 11) is 0. The highest BCUT2D eigenvalue weighted by molar-refractivity contribution is 5.81. The number of fused-ring (bicyclic) bond motifs is 1. The summed E-state index contributed by atoms with van der Waals surface area (Å²) in [5.41, 5.74) is 0.608. The summed E-state index contributed by atoms with van der Waals surface area (Å²) in [4.78, 5) is 9.76. The zero-order valence-corrected chi connectivity index (χ0v) is 12.4. The van der Waals surface area contributed by atoms with Gasteiger partial charge in [-0.05, 0) is 29.8 Å². The second-order valence-electron chi connectivity index (χ2n) is 4.97. The number of hydrazone groups is 1. The maximum atomic E-state index is 13.0. The van der Waals surface area contributed by atoms with Crippen LogP contribution in [0.1, 0.15) is 11.1 Å². The minimum absolute atomic E-state index is 0.103. The lowest BCUT2D eigenvalue weighted by atomic mass is 10.1. The number of ether oxygens (including phenoxy) is 2. The molecular weight excluding hydrogens is 343 g/mol. The van der Waals surface area contributed by atoms with Crippen molar-refractivity contribution in [3.8, 4) is 11.5 Å². The van der Waals surface area contributed by atoms with Crippen LogP contribution in [0.5, 0.6) is 11.5 Å². The average molecular weight is 353 g/mol. The molecule has 0 bridgehead atoms. The highest BCUT2D eigenvalue weighted by Crippen LogP contribution is 2.37. The van der Waals surface area contributed by atoms with E-state index in [2.05, 4.69) is 10.5 Å². The Kier molecular flexibility index (Phi) is 4.17. The van der Waals surface area contributed by atoms with Gasteiger partial charge in [0.15, 0.2) is 11.5 Å². The average Bonchev–Trinajstić information content (AvgIpc) is 3.01. The predicted octanol–water partition coefficient (Wildman–Crippen LogP) is 3.79. The predicted molar refractivity (Wildman–Crippen MR) is 81.9 cm³/mol. The third kappa shape index (κ3) is 3.62. The van der Waals surface area contributed by atoms with Crippen molar-refractivity contribution in [3.63, 3.8) is 0 Å². The fourth-order valence-electron chi connectivity index (χ4n) is 2.15. The SMILES string of the molecule is O=[N+]([O-])c1ccc(NN=Cc2ccc3c(c2)OCO3)c(C(F)(F)F)c1. The highest BCUT2D eigenvalue weighted by Gasteiger charge is 2.35. The molecule has 0 aliphatic carbocycles. The van der Waals surface area contributed by atoms with Gasteiger partial charge < -0.3 is 9.47 Å². The van der Waals surface area contributed by atoms with Crippen LogP contribution in [0.2, 0.25) is 0 Å². The van der Waals surface area contributed by atoms with E-state index in [4.69, 9.17) is 9.47 Å². The van der Waals surface area contributed by atoms with E-state index in [9.17, 15) is 23.3 Å². The molecule has 3 rings (SSSR count). The van der Waals surface area contributed by atoms with Gasteiger partial charge in [-0.1, -0.05) is 0 Å². The summed E-state index contributed by atoms with van der Waals surface area (Å²) in [5.74, 6) is 1.08. The normalized spacial score (nSPS) is 13.2. The molecule has 1 heterocycles. The Balaban J connectivity index is 1.81. The number of nitrogens with one attached hydrogen (secondary N) is 1. The van der Waals surface area contributed by atoms with Gasteiger partial charge >= 0.3 is 6.18 Å². The summed E-state index contributed by atoms with van der Waals surface area (Å²) < 4.78 is 49.5.